The zero-order valence-electron chi connectivity index (χ0n) is 15.8. The highest BCUT2D eigenvalue weighted by molar-refractivity contribution is 5.95. The second-order valence-electron chi connectivity index (χ2n) is 6.31. The summed E-state index contributed by atoms with van der Waals surface area (Å²) in [7, 11) is 0. The Morgan fingerprint density at radius 3 is 1.90 bits per heavy atom. The van der Waals surface area contributed by atoms with Gasteiger partial charge in [-0.2, -0.15) is 0 Å². The Bertz CT molecular complexity index is 964. The highest BCUT2D eigenvalue weighted by atomic mass is 16.4. The number of phenols is 2. The first-order valence-electron chi connectivity index (χ1n) is 8.97. The van der Waals surface area contributed by atoms with Gasteiger partial charge in [-0.1, -0.05) is 49.4 Å². The average molecular weight is 394 g/mol. The fourth-order valence-corrected chi connectivity index (χ4v) is 2.90. The van der Waals surface area contributed by atoms with E-state index in [0.717, 1.165) is 24.6 Å². The molecule has 0 fully saturated rings. The van der Waals surface area contributed by atoms with E-state index >= 15 is 0 Å². The third kappa shape index (κ3) is 5.84. The lowest BCUT2D eigenvalue weighted by Gasteiger charge is -2.15. The second kappa shape index (κ2) is 9.94. The lowest BCUT2D eigenvalue weighted by Crippen LogP contribution is -2.02. The van der Waals surface area contributed by atoms with Crippen LogP contribution in [-0.2, 0) is 0 Å². The summed E-state index contributed by atoms with van der Waals surface area (Å²) in [6.07, 6.45) is 1.06. The molecular formula is C23H22O6. The topological polar surface area (TPSA) is 115 Å². The van der Waals surface area contributed by atoms with Crippen LogP contribution in [0.2, 0.25) is 0 Å². The minimum absolute atomic E-state index is 0.171. The number of phenolic OH excluding ortho intramolecular Hbond substituents is 1. The Labute approximate surface area is 168 Å². The van der Waals surface area contributed by atoms with Gasteiger partial charge in [0.15, 0.2) is 0 Å². The molecule has 0 aliphatic carbocycles. The van der Waals surface area contributed by atoms with Crippen molar-refractivity contribution in [3.63, 3.8) is 0 Å². The van der Waals surface area contributed by atoms with Crippen molar-refractivity contribution in [2.45, 2.75) is 19.3 Å². The van der Waals surface area contributed by atoms with Crippen LogP contribution in [0, 0.1) is 0 Å². The number of hydrogen-bond acceptors (Lipinski definition) is 4. The molecule has 0 amide bonds. The highest BCUT2D eigenvalue weighted by Gasteiger charge is 2.13. The van der Waals surface area contributed by atoms with Gasteiger partial charge in [0, 0.05) is 5.92 Å². The number of benzene rings is 3. The molecule has 0 saturated heterocycles. The van der Waals surface area contributed by atoms with Crippen molar-refractivity contribution in [1.29, 1.82) is 0 Å². The van der Waals surface area contributed by atoms with Crippen molar-refractivity contribution >= 4 is 11.9 Å². The van der Waals surface area contributed by atoms with Crippen LogP contribution >= 0.6 is 0 Å². The fourth-order valence-electron chi connectivity index (χ4n) is 2.90. The molecule has 0 heterocycles. The van der Waals surface area contributed by atoms with Crippen LogP contribution in [-0.4, -0.2) is 32.4 Å². The number of hydrogen-bond donors (Lipinski definition) is 4. The molecule has 3 aromatic carbocycles. The van der Waals surface area contributed by atoms with E-state index in [1.807, 2.05) is 18.2 Å². The lowest BCUT2D eigenvalue weighted by atomic mass is 9.89. The van der Waals surface area contributed by atoms with Crippen LogP contribution in [0.5, 0.6) is 11.5 Å². The van der Waals surface area contributed by atoms with Gasteiger partial charge in [0.2, 0.25) is 0 Å². The van der Waals surface area contributed by atoms with Crippen molar-refractivity contribution < 1.29 is 30.0 Å². The maximum absolute atomic E-state index is 10.4. The first-order chi connectivity index (χ1) is 13.8. The normalized spacial score (nSPS) is 11.1. The van der Waals surface area contributed by atoms with Crippen LogP contribution in [0.4, 0.5) is 0 Å². The molecule has 0 aliphatic rings. The standard InChI is InChI=1S/C15H16O.C8H6O5/c1-2-15(12-6-4-3-5-7-12)13-8-10-14(16)11-9-13;9-6-2-1-4(7(10)11)3-5(6)8(12)13/h3-11,15-16H,2H2,1H3;1-3,9H,(H,10,11)(H,12,13). The van der Waals surface area contributed by atoms with Gasteiger partial charge >= 0.3 is 11.9 Å². The van der Waals surface area contributed by atoms with E-state index in [1.54, 1.807) is 12.1 Å². The van der Waals surface area contributed by atoms with Gasteiger partial charge in [-0.3, -0.25) is 0 Å². The van der Waals surface area contributed by atoms with E-state index in [2.05, 4.69) is 31.2 Å². The summed E-state index contributed by atoms with van der Waals surface area (Å²) in [6.45, 7) is 2.19. The smallest absolute Gasteiger partial charge is 0.339 e. The summed E-state index contributed by atoms with van der Waals surface area (Å²) < 4.78 is 0. The van der Waals surface area contributed by atoms with Gasteiger partial charge in [-0.25, -0.2) is 9.59 Å². The Morgan fingerprint density at radius 2 is 1.38 bits per heavy atom. The molecule has 3 aromatic rings. The van der Waals surface area contributed by atoms with Crippen molar-refractivity contribution in [3.05, 3.63) is 95.1 Å². The van der Waals surface area contributed by atoms with Gasteiger partial charge in [-0.05, 0) is 47.9 Å². The summed E-state index contributed by atoms with van der Waals surface area (Å²) in [6, 6.07) is 21.0. The first kappa shape index (κ1) is 21.5. The molecular weight excluding hydrogens is 372 g/mol. The van der Waals surface area contributed by atoms with Crippen LogP contribution in [0.3, 0.4) is 0 Å². The molecule has 150 valence electrons. The van der Waals surface area contributed by atoms with Crippen LogP contribution in [0.15, 0.2) is 72.8 Å². The number of aromatic hydroxyl groups is 2. The number of carbonyl (C=O) groups is 2. The van der Waals surface area contributed by atoms with Crippen LogP contribution < -0.4 is 0 Å². The molecule has 0 saturated carbocycles. The van der Waals surface area contributed by atoms with Gasteiger partial charge in [0.25, 0.3) is 0 Å². The highest BCUT2D eigenvalue weighted by Crippen LogP contribution is 2.28. The van der Waals surface area contributed by atoms with Crippen molar-refractivity contribution in [1.82, 2.24) is 0 Å². The largest absolute Gasteiger partial charge is 0.508 e. The summed E-state index contributed by atoms with van der Waals surface area (Å²) in [5.41, 5.74) is 2.00. The monoisotopic (exact) mass is 394 g/mol. The van der Waals surface area contributed by atoms with E-state index < -0.39 is 23.3 Å². The van der Waals surface area contributed by atoms with Crippen molar-refractivity contribution in [2.75, 3.05) is 0 Å². The van der Waals surface area contributed by atoms with E-state index in [0.29, 0.717) is 11.7 Å². The number of carboxylic acids is 2. The van der Waals surface area contributed by atoms with E-state index in [1.165, 1.54) is 11.1 Å². The van der Waals surface area contributed by atoms with Crippen LogP contribution in [0.1, 0.15) is 51.1 Å². The second-order valence-corrected chi connectivity index (χ2v) is 6.31. The maximum Gasteiger partial charge on any atom is 0.339 e. The molecule has 6 heteroatoms. The van der Waals surface area contributed by atoms with Gasteiger partial charge < -0.3 is 20.4 Å². The first-order valence-corrected chi connectivity index (χ1v) is 8.97. The maximum atomic E-state index is 10.4. The summed E-state index contributed by atoms with van der Waals surface area (Å²) in [5.74, 6) is -2.30. The van der Waals surface area contributed by atoms with Crippen molar-refractivity contribution in [2.24, 2.45) is 0 Å². The minimum atomic E-state index is -1.36. The van der Waals surface area contributed by atoms with E-state index in [-0.39, 0.29) is 5.56 Å². The molecule has 0 bridgehead atoms. The molecule has 1 atom stereocenters. The zero-order chi connectivity index (χ0) is 21.4. The lowest BCUT2D eigenvalue weighted by molar-refractivity contribution is 0.0693. The minimum Gasteiger partial charge on any atom is -0.508 e. The van der Waals surface area contributed by atoms with Crippen molar-refractivity contribution in [3.8, 4) is 11.5 Å². The third-order valence-corrected chi connectivity index (χ3v) is 4.38. The number of carboxylic acid groups (broad SMARTS) is 2. The molecule has 4 N–H and O–H groups in total. The Balaban J connectivity index is 0.000000212. The number of rotatable bonds is 5. The summed E-state index contributed by atoms with van der Waals surface area (Å²) >= 11 is 0. The SMILES string of the molecule is CCC(c1ccccc1)c1ccc(O)cc1.O=C(O)c1ccc(O)c(C(=O)O)c1. The van der Waals surface area contributed by atoms with E-state index in [9.17, 15) is 14.7 Å². The quantitative estimate of drug-likeness (QED) is 0.498. The Hall–Kier alpha value is -3.80. The fraction of sp³-hybridized carbons (Fsp3) is 0.130. The molecule has 0 radical (unpaired) electrons. The van der Waals surface area contributed by atoms with Crippen LogP contribution in [0.25, 0.3) is 0 Å². The number of aromatic carboxylic acids is 2. The third-order valence-electron chi connectivity index (χ3n) is 4.38. The molecule has 1 unspecified atom stereocenters. The molecule has 6 nitrogen and oxygen atoms in total. The van der Waals surface area contributed by atoms with E-state index in [4.69, 9.17) is 15.3 Å². The Morgan fingerprint density at radius 1 is 0.793 bits per heavy atom. The molecule has 0 aromatic heterocycles. The van der Waals surface area contributed by atoms with Gasteiger partial charge in [-0.15, -0.1) is 0 Å². The zero-order valence-corrected chi connectivity index (χ0v) is 15.8. The predicted molar refractivity (Wildman–Crippen MR) is 109 cm³/mol. The summed E-state index contributed by atoms with van der Waals surface area (Å²) in [5, 5.41) is 35.3. The average Bonchev–Trinajstić information content (AvgIpc) is 2.71. The van der Waals surface area contributed by atoms with Gasteiger partial charge in [0.05, 0.1) is 5.56 Å². The molecule has 29 heavy (non-hydrogen) atoms. The molecule has 0 aliphatic heterocycles. The Kier molecular flexibility index (Phi) is 7.37. The molecule has 3 rings (SSSR count). The predicted octanol–water partition coefficient (Wildman–Crippen LogP) is 4.72. The molecule has 0 spiro atoms. The van der Waals surface area contributed by atoms with Gasteiger partial charge in [0.1, 0.15) is 17.1 Å². The summed E-state index contributed by atoms with van der Waals surface area (Å²) in [4.78, 5) is 20.9.